The molecule has 0 aliphatic carbocycles. The molecule has 2 rings (SSSR count). The van der Waals surface area contributed by atoms with E-state index in [0.717, 1.165) is 12.8 Å². The zero-order valence-electron chi connectivity index (χ0n) is 10.6. The number of rotatable bonds is 4. The molecular formula is C11H17N5O2. The van der Waals surface area contributed by atoms with Crippen LogP contribution in [0.25, 0.3) is 0 Å². The number of H-pyrrole nitrogens is 1. The minimum absolute atomic E-state index is 0.0623. The van der Waals surface area contributed by atoms with Gasteiger partial charge in [-0.2, -0.15) is 0 Å². The van der Waals surface area contributed by atoms with Gasteiger partial charge in [0.05, 0.1) is 0 Å². The summed E-state index contributed by atoms with van der Waals surface area (Å²) in [6.07, 6.45) is 2.32. The fourth-order valence-corrected chi connectivity index (χ4v) is 1.92. The number of carbonyl (C=O) groups is 2. The highest BCUT2D eigenvalue weighted by atomic mass is 16.2. The van der Waals surface area contributed by atoms with Crippen LogP contribution in [-0.4, -0.2) is 51.5 Å². The first-order valence-electron chi connectivity index (χ1n) is 6.09. The number of nitrogens with one attached hydrogen (secondary N) is 2. The molecule has 1 saturated heterocycles. The summed E-state index contributed by atoms with van der Waals surface area (Å²) in [5, 5.41) is 9.22. The van der Waals surface area contributed by atoms with Gasteiger partial charge in [-0.05, 0) is 12.8 Å². The molecule has 1 aromatic rings. The summed E-state index contributed by atoms with van der Waals surface area (Å²) in [6.45, 7) is 2.69. The van der Waals surface area contributed by atoms with E-state index in [-0.39, 0.29) is 11.7 Å². The molecule has 7 nitrogen and oxygen atoms in total. The molecule has 0 aromatic carbocycles. The predicted octanol–water partition coefficient (Wildman–Crippen LogP) is -0.282. The first-order chi connectivity index (χ1) is 8.61. The molecule has 1 aliphatic rings. The molecule has 1 aliphatic heterocycles. The molecule has 0 radical (unpaired) electrons. The first-order valence-corrected chi connectivity index (χ1v) is 6.09. The van der Waals surface area contributed by atoms with E-state index in [2.05, 4.69) is 20.5 Å². The fourth-order valence-electron chi connectivity index (χ4n) is 1.92. The Bertz CT molecular complexity index is 456. The topological polar surface area (TPSA) is 91.0 Å². The van der Waals surface area contributed by atoms with Crippen LogP contribution in [0.4, 0.5) is 0 Å². The Morgan fingerprint density at radius 1 is 1.61 bits per heavy atom. The fraction of sp³-hybridized carbons (Fsp3) is 0.636. The molecule has 2 heterocycles. The summed E-state index contributed by atoms with van der Waals surface area (Å²) in [5.74, 6) is 0.327. The zero-order chi connectivity index (χ0) is 13.1. The van der Waals surface area contributed by atoms with Crippen molar-refractivity contribution in [2.45, 2.75) is 32.2 Å². The predicted molar refractivity (Wildman–Crippen MR) is 63.9 cm³/mol. The number of aromatic nitrogens is 3. The Morgan fingerprint density at radius 2 is 2.39 bits per heavy atom. The number of hydrogen-bond donors (Lipinski definition) is 2. The highest BCUT2D eigenvalue weighted by molar-refractivity contribution is 5.95. The number of carbonyl (C=O) groups excluding carboxylic acids is 2. The average Bonchev–Trinajstić information content (AvgIpc) is 2.92. The number of aromatic amines is 1. The van der Waals surface area contributed by atoms with E-state index in [1.165, 1.54) is 0 Å². The summed E-state index contributed by atoms with van der Waals surface area (Å²) in [5.41, 5.74) is 0. The van der Waals surface area contributed by atoms with Gasteiger partial charge in [-0.3, -0.25) is 14.7 Å². The molecule has 0 bridgehead atoms. The SMILES string of the molecule is CCCc1nc(C(=O)NC2CCN(C)C2=O)n[nH]1. The maximum absolute atomic E-state index is 11.8. The third-order valence-electron chi connectivity index (χ3n) is 2.95. The molecule has 18 heavy (non-hydrogen) atoms. The molecule has 2 N–H and O–H groups in total. The Morgan fingerprint density at radius 3 is 3.00 bits per heavy atom. The van der Waals surface area contributed by atoms with Crippen LogP contribution in [0, 0.1) is 0 Å². The summed E-state index contributed by atoms with van der Waals surface area (Å²) in [6, 6.07) is -0.448. The van der Waals surface area contributed by atoms with Crippen molar-refractivity contribution in [3.05, 3.63) is 11.6 Å². The molecular weight excluding hydrogens is 234 g/mol. The largest absolute Gasteiger partial charge is 0.344 e. The monoisotopic (exact) mass is 251 g/mol. The van der Waals surface area contributed by atoms with Gasteiger partial charge in [0.1, 0.15) is 11.9 Å². The van der Waals surface area contributed by atoms with Gasteiger partial charge >= 0.3 is 0 Å². The van der Waals surface area contributed by atoms with E-state index in [9.17, 15) is 9.59 Å². The number of nitrogens with zero attached hydrogens (tertiary/aromatic N) is 3. The Hall–Kier alpha value is -1.92. The number of aryl methyl sites for hydroxylation is 1. The second kappa shape index (κ2) is 5.16. The standard InChI is InChI=1S/C11H17N5O2/c1-3-4-8-13-9(15-14-8)10(17)12-7-5-6-16(2)11(7)18/h7H,3-6H2,1-2H3,(H,12,17)(H,13,14,15). The van der Waals surface area contributed by atoms with Crippen molar-refractivity contribution < 1.29 is 9.59 Å². The Labute approximate surface area is 105 Å². The lowest BCUT2D eigenvalue weighted by atomic mass is 10.2. The number of likely N-dealkylation sites (tertiary alicyclic amines) is 1. The van der Waals surface area contributed by atoms with Crippen LogP contribution in [0.5, 0.6) is 0 Å². The summed E-state index contributed by atoms with van der Waals surface area (Å²) in [7, 11) is 1.72. The van der Waals surface area contributed by atoms with E-state index in [0.29, 0.717) is 18.8 Å². The van der Waals surface area contributed by atoms with Gasteiger partial charge in [0.15, 0.2) is 0 Å². The molecule has 1 unspecified atom stereocenters. The molecule has 1 fully saturated rings. The maximum Gasteiger partial charge on any atom is 0.291 e. The van der Waals surface area contributed by atoms with Gasteiger partial charge in [-0.15, -0.1) is 5.10 Å². The average molecular weight is 251 g/mol. The van der Waals surface area contributed by atoms with E-state index >= 15 is 0 Å². The van der Waals surface area contributed by atoms with Crippen molar-refractivity contribution >= 4 is 11.8 Å². The minimum atomic E-state index is -0.448. The van der Waals surface area contributed by atoms with Crippen LogP contribution < -0.4 is 5.32 Å². The molecule has 0 saturated carbocycles. The third kappa shape index (κ3) is 2.49. The Kier molecular flexibility index (Phi) is 3.59. The second-order valence-corrected chi connectivity index (χ2v) is 4.43. The van der Waals surface area contributed by atoms with E-state index < -0.39 is 11.9 Å². The van der Waals surface area contributed by atoms with Crippen molar-refractivity contribution in [1.29, 1.82) is 0 Å². The van der Waals surface area contributed by atoms with Crippen molar-refractivity contribution in [2.24, 2.45) is 0 Å². The van der Waals surface area contributed by atoms with Crippen LogP contribution in [-0.2, 0) is 11.2 Å². The van der Waals surface area contributed by atoms with Crippen LogP contribution in [0.3, 0.4) is 0 Å². The number of hydrogen-bond acceptors (Lipinski definition) is 4. The van der Waals surface area contributed by atoms with Crippen molar-refractivity contribution in [3.8, 4) is 0 Å². The third-order valence-corrected chi connectivity index (χ3v) is 2.95. The zero-order valence-corrected chi connectivity index (χ0v) is 10.6. The van der Waals surface area contributed by atoms with Crippen LogP contribution in [0.15, 0.2) is 0 Å². The van der Waals surface area contributed by atoms with Crippen LogP contribution in [0.2, 0.25) is 0 Å². The van der Waals surface area contributed by atoms with Gasteiger partial charge < -0.3 is 10.2 Å². The van der Waals surface area contributed by atoms with Gasteiger partial charge in [0.25, 0.3) is 5.91 Å². The highest BCUT2D eigenvalue weighted by Crippen LogP contribution is 2.09. The molecule has 98 valence electrons. The maximum atomic E-state index is 11.8. The molecule has 2 amide bonds. The number of amides is 2. The minimum Gasteiger partial charge on any atom is -0.344 e. The van der Waals surface area contributed by atoms with Gasteiger partial charge in [0, 0.05) is 20.0 Å². The van der Waals surface area contributed by atoms with Gasteiger partial charge in [-0.1, -0.05) is 6.92 Å². The molecule has 1 atom stereocenters. The van der Waals surface area contributed by atoms with E-state index in [1.807, 2.05) is 6.92 Å². The summed E-state index contributed by atoms with van der Waals surface area (Å²) in [4.78, 5) is 29.2. The molecule has 0 spiro atoms. The quantitative estimate of drug-likeness (QED) is 0.769. The first kappa shape index (κ1) is 12.5. The lowest BCUT2D eigenvalue weighted by molar-refractivity contribution is -0.128. The lowest BCUT2D eigenvalue weighted by Gasteiger charge is -2.10. The van der Waals surface area contributed by atoms with Crippen molar-refractivity contribution in [1.82, 2.24) is 25.4 Å². The smallest absolute Gasteiger partial charge is 0.291 e. The second-order valence-electron chi connectivity index (χ2n) is 4.43. The Balaban J connectivity index is 1.97. The molecule has 1 aromatic heterocycles. The number of likely N-dealkylation sites (N-methyl/N-ethyl adjacent to an activating group) is 1. The lowest BCUT2D eigenvalue weighted by Crippen LogP contribution is -2.40. The van der Waals surface area contributed by atoms with Crippen LogP contribution >= 0.6 is 0 Å². The van der Waals surface area contributed by atoms with Gasteiger partial charge in [0.2, 0.25) is 11.7 Å². The van der Waals surface area contributed by atoms with E-state index in [1.54, 1.807) is 11.9 Å². The molecule has 7 heteroatoms. The summed E-state index contributed by atoms with van der Waals surface area (Å²) >= 11 is 0. The van der Waals surface area contributed by atoms with Crippen LogP contribution in [0.1, 0.15) is 36.2 Å². The summed E-state index contributed by atoms with van der Waals surface area (Å²) < 4.78 is 0. The highest BCUT2D eigenvalue weighted by Gasteiger charge is 2.31. The van der Waals surface area contributed by atoms with Crippen molar-refractivity contribution in [3.63, 3.8) is 0 Å². The van der Waals surface area contributed by atoms with Gasteiger partial charge in [-0.25, -0.2) is 4.98 Å². The normalized spacial score (nSPS) is 19.3. The van der Waals surface area contributed by atoms with E-state index in [4.69, 9.17) is 0 Å². The van der Waals surface area contributed by atoms with Crippen molar-refractivity contribution in [2.75, 3.05) is 13.6 Å².